The van der Waals surface area contributed by atoms with Crippen LogP contribution in [-0.2, 0) is 0 Å². The van der Waals surface area contributed by atoms with Gasteiger partial charge in [-0.05, 0) is 0 Å². The van der Waals surface area contributed by atoms with Gasteiger partial charge in [0.2, 0.25) is 0 Å². The Bertz CT molecular complexity index is 347. The van der Waals surface area contributed by atoms with Gasteiger partial charge in [-0.2, -0.15) is 0 Å². The first kappa shape index (κ1) is 21.7. The van der Waals surface area contributed by atoms with Crippen LogP contribution in [0.4, 0.5) is 0 Å². The molecule has 1 radical (unpaired) electrons. The van der Waals surface area contributed by atoms with Crippen molar-refractivity contribution in [3.05, 3.63) is 0 Å². The van der Waals surface area contributed by atoms with Crippen molar-refractivity contribution in [2.45, 2.75) is 125 Å². The van der Waals surface area contributed by atoms with Crippen LogP contribution >= 0.6 is 0 Å². The fourth-order valence-corrected chi connectivity index (χ4v) is 15.3. The Balaban J connectivity index is 3.34. The SMILES string of the molecule is CCC1[N](C(C)(C)CC)[Sn]([N](C(C)C)C(C)C)[N]1C(C)(C)CC. The van der Waals surface area contributed by atoms with Gasteiger partial charge in [0, 0.05) is 0 Å². The second kappa shape index (κ2) is 7.92. The average molecular weight is 431 g/mol. The van der Waals surface area contributed by atoms with E-state index in [1.807, 2.05) is 0 Å². The fourth-order valence-electron chi connectivity index (χ4n) is 3.80. The molecular formula is C19H42N3Sn. The number of hydrogen-bond donors (Lipinski definition) is 0. The molecule has 23 heavy (non-hydrogen) atoms. The van der Waals surface area contributed by atoms with Crippen molar-refractivity contribution in [3.63, 3.8) is 0 Å². The van der Waals surface area contributed by atoms with E-state index >= 15 is 0 Å². The molecule has 1 fully saturated rings. The van der Waals surface area contributed by atoms with E-state index in [-0.39, 0.29) is 0 Å². The van der Waals surface area contributed by atoms with Gasteiger partial charge in [0.15, 0.2) is 0 Å². The van der Waals surface area contributed by atoms with Crippen molar-refractivity contribution in [2.24, 2.45) is 0 Å². The minimum atomic E-state index is -2.04. The Labute approximate surface area is 154 Å². The van der Waals surface area contributed by atoms with Gasteiger partial charge in [-0.15, -0.1) is 0 Å². The van der Waals surface area contributed by atoms with Gasteiger partial charge in [0.05, 0.1) is 0 Å². The summed E-state index contributed by atoms with van der Waals surface area (Å²) < 4.78 is 8.85. The molecule has 0 atom stereocenters. The van der Waals surface area contributed by atoms with Gasteiger partial charge in [-0.25, -0.2) is 0 Å². The van der Waals surface area contributed by atoms with Crippen molar-refractivity contribution >= 4 is 20.6 Å². The first-order valence-corrected chi connectivity index (χ1v) is 13.5. The van der Waals surface area contributed by atoms with E-state index in [1.165, 1.54) is 19.3 Å². The monoisotopic (exact) mass is 432 g/mol. The van der Waals surface area contributed by atoms with E-state index in [4.69, 9.17) is 0 Å². The van der Waals surface area contributed by atoms with Crippen LogP contribution in [0.5, 0.6) is 0 Å². The summed E-state index contributed by atoms with van der Waals surface area (Å²) in [5.74, 6) is 0. The quantitative estimate of drug-likeness (QED) is 0.511. The Kier molecular flexibility index (Phi) is 7.48. The molecule has 1 aliphatic rings. The standard InChI is InChI=1S/C13H28N2.C6H14N.Sn/c1-8-11(14-12(4,5)9-2)15-13(6,7)10-3;1-5(2)7-6(3)4;/h11H,8-10H2,1-7H3;5-6H,1-4H3;/q-2;-1;+3. The summed E-state index contributed by atoms with van der Waals surface area (Å²) in [6.45, 7) is 26.5. The summed E-state index contributed by atoms with van der Waals surface area (Å²) >= 11 is -2.04. The molecule has 1 rings (SSSR count). The molecule has 0 aliphatic carbocycles. The predicted octanol–water partition coefficient (Wildman–Crippen LogP) is 4.82. The number of hydrogen-bond acceptors (Lipinski definition) is 3. The summed E-state index contributed by atoms with van der Waals surface area (Å²) in [4.78, 5) is 0. The van der Waals surface area contributed by atoms with Gasteiger partial charge in [-0.1, -0.05) is 0 Å². The summed E-state index contributed by atoms with van der Waals surface area (Å²) in [6.07, 6.45) is 4.34. The van der Waals surface area contributed by atoms with Gasteiger partial charge < -0.3 is 0 Å². The van der Waals surface area contributed by atoms with Gasteiger partial charge in [-0.3, -0.25) is 0 Å². The summed E-state index contributed by atoms with van der Waals surface area (Å²) in [5, 5.41) is 0. The normalized spacial score (nSPS) is 20.1. The molecule has 0 bridgehead atoms. The molecule has 0 N–H and O–H groups in total. The van der Waals surface area contributed by atoms with Crippen LogP contribution in [0.3, 0.4) is 0 Å². The van der Waals surface area contributed by atoms with Crippen molar-refractivity contribution < 1.29 is 0 Å². The van der Waals surface area contributed by atoms with Crippen molar-refractivity contribution in [1.82, 2.24) is 9.36 Å². The van der Waals surface area contributed by atoms with E-state index in [1.54, 1.807) is 0 Å². The van der Waals surface area contributed by atoms with Crippen LogP contribution in [0.25, 0.3) is 0 Å². The number of rotatable bonds is 8. The van der Waals surface area contributed by atoms with Crippen LogP contribution in [0.1, 0.15) is 95.4 Å². The zero-order valence-electron chi connectivity index (χ0n) is 17.7. The second-order valence-corrected chi connectivity index (χ2v) is 14.8. The fraction of sp³-hybridized carbons (Fsp3) is 1.00. The van der Waals surface area contributed by atoms with Gasteiger partial charge >= 0.3 is 155 Å². The van der Waals surface area contributed by atoms with Crippen molar-refractivity contribution in [2.75, 3.05) is 0 Å². The van der Waals surface area contributed by atoms with Crippen LogP contribution in [-0.4, -0.2) is 59.3 Å². The molecule has 1 heterocycles. The third-order valence-electron chi connectivity index (χ3n) is 5.77. The summed E-state index contributed by atoms with van der Waals surface area (Å²) in [5.41, 5.74) is 0.635. The predicted molar refractivity (Wildman–Crippen MR) is 104 cm³/mol. The molecule has 0 aromatic heterocycles. The minimum absolute atomic E-state index is 0.317. The molecule has 137 valence electrons. The Hall–Kier alpha value is 0.679. The van der Waals surface area contributed by atoms with Crippen molar-refractivity contribution in [3.8, 4) is 0 Å². The Morgan fingerprint density at radius 1 is 0.826 bits per heavy atom. The zero-order valence-corrected chi connectivity index (χ0v) is 20.5. The molecule has 0 amide bonds. The van der Waals surface area contributed by atoms with Gasteiger partial charge in [0.25, 0.3) is 0 Å². The summed E-state index contributed by atoms with van der Waals surface area (Å²) in [7, 11) is 0. The molecule has 0 aromatic rings. The summed E-state index contributed by atoms with van der Waals surface area (Å²) in [6, 6.07) is 1.26. The molecule has 0 spiro atoms. The van der Waals surface area contributed by atoms with Crippen LogP contribution in [0.15, 0.2) is 0 Å². The van der Waals surface area contributed by atoms with Crippen LogP contribution in [0.2, 0.25) is 0 Å². The maximum atomic E-state index is 2.98. The van der Waals surface area contributed by atoms with Crippen LogP contribution < -0.4 is 0 Å². The third-order valence-corrected chi connectivity index (χ3v) is 17.7. The second-order valence-electron chi connectivity index (χ2n) is 8.86. The average Bonchev–Trinajstić information content (AvgIpc) is 2.41. The van der Waals surface area contributed by atoms with E-state index < -0.39 is 20.6 Å². The van der Waals surface area contributed by atoms with E-state index in [0.717, 1.165) is 0 Å². The third kappa shape index (κ3) is 4.09. The molecule has 0 aromatic carbocycles. The van der Waals surface area contributed by atoms with E-state index in [0.29, 0.717) is 29.3 Å². The molecule has 1 aliphatic heterocycles. The topological polar surface area (TPSA) is 9.72 Å². The first-order chi connectivity index (χ1) is 10.5. The maximum absolute atomic E-state index is 2.98. The Morgan fingerprint density at radius 3 is 1.39 bits per heavy atom. The number of nitrogens with zero attached hydrogens (tertiary/aromatic N) is 3. The van der Waals surface area contributed by atoms with E-state index in [9.17, 15) is 0 Å². The van der Waals surface area contributed by atoms with E-state index in [2.05, 4.69) is 85.5 Å². The molecule has 4 heteroatoms. The van der Waals surface area contributed by atoms with Crippen LogP contribution in [0, 0.1) is 0 Å². The zero-order chi connectivity index (χ0) is 18.2. The molecule has 0 unspecified atom stereocenters. The first-order valence-electron chi connectivity index (χ1n) is 9.70. The van der Waals surface area contributed by atoms with Crippen molar-refractivity contribution in [1.29, 1.82) is 0 Å². The molecule has 0 saturated carbocycles. The van der Waals surface area contributed by atoms with Gasteiger partial charge in [0.1, 0.15) is 0 Å². The molecule has 3 nitrogen and oxygen atoms in total. The molecular weight excluding hydrogens is 389 g/mol. The Morgan fingerprint density at radius 2 is 1.17 bits per heavy atom. The molecule has 1 saturated heterocycles.